The molecule has 6 heteroatoms. The molecule has 4 nitrogen and oxygen atoms in total. The summed E-state index contributed by atoms with van der Waals surface area (Å²) in [7, 11) is 0. The second kappa shape index (κ2) is 7.99. The number of thiazole rings is 1. The van der Waals surface area contributed by atoms with Gasteiger partial charge in [-0.25, -0.2) is 4.98 Å². The fourth-order valence-electron chi connectivity index (χ4n) is 2.59. The summed E-state index contributed by atoms with van der Waals surface area (Å²) in [5, 5.41) is 11.4. The van der Waals surface area contributed by atoms with Crippen LogP contribution < -0.4 is 5.32 Å². The van der Waals surface area contributed by atoms with E-state index in [9.17, 15) is 4.79 Å². The predicted molar refractivity (Wildman–Crippen MR) is 104 cm³/mol. The lowest BCUT2D eigenvalue weighted by molar-refractivity contribution is -0.120. The third kappa shape index (κ3) is 4.03. The van der Waals surface area contributed by atoms with Gasteiger partial charge >= 0.3 is 0 Å². The van der Waals surface area contributed by atoms with Crippen LogP contribution in [0.3, 0.4) is 0 Å². The Balaban J connectivity index is 1.95. The number of nitrogens with one attached hydrogen (secondary N) is 1. The van der Waals surface area contributed by atoms with Gasteiger partial charge in [0.2, 0.25) is 5.91 Å². The molecule has 0 saturated heterocycles. The Hall–Kier alpha value is -1.89. The SMILES string of the molecule is Cc1cccc(C(Sc2nc3ccccc3s2)C(=O)NCCO)c1C. The summed E-state index contributed by atoms with van der Waals surface area (Å²) in [6.07, 6.45) is 0. The summed E-state index contributed by atoms with van der Waals surface area (Å²) in [5.74, 6) is -0.105. The summed E-state index contributed by atoms with van der Waals surface area (Å²) in [4.78, 5) is 17.4. The van der Waals surface area contributed by atoms with Crippen molar-refractivity contribution in [2.45, 2.75) is 23.4 Å². The van der Waals surface area contributed by atoms with Gasteiger partial charge in [0, 0.05) is 6.54 Å². The van der Waals surface area contributed by atoms with E-state index in [1.807, 2.05) is 56.3 Å². The molecule has 130 valence electrons. The standard InChI is InChI=1S/C19H20N2O2S2/c1-12-6-5-7-14(13(12)2)17(18(23)20-10-11-22)25-19-21-15-8-3-4-9-16(15)24-19/h3-9,17,22H,10-11H2,1-2H3,(H,20,23). The minimum absolute atomic E-state index is 0.0724. The van der Waals surface area contributed by atoms with Crippen molar-refractivity contribution in [2.24, 2.45) is 0 Å². The Kier molecular flexibility index (Phi) is 5.73. The van der Waals surface area contributed by atoms with E-state index in [-0.39, 0.29) is 19.1 Å². The number of aliphatic hydroxyl groups excluding tert-OH is 1. The molecule has 1 heterocycles. The lowest BCUT2D eigenvalue weighted by Gasteiger charge is -2.18. The Morgan fingerprint density at radius 2 is 2.04 bits per heavy atom. The Morgan fingerprint density at radius 3 is 2.80 bits per heavy atom. The molecular formula is C19H20N2O2S2. The van der Waals surface area contributed by atoms with Crippen molar-refractivity contribution >= 4 is 39.2 Å². The molecule has 0 aliphatic carbocycles. The number of carbonyl (C=O) groups excluding carboxylic acids is 1. The summed E-state index contributed by atoms with van der Waals surface area (Å²) in [6.45, 7) is 4.26. The van der Waals surface area contributed by atoms with Gasteiger partial charge in [0.05, 0.1) is 16.8 Å². The van der Waals surface area contributed by atoms with E-state index in [0.717, 1.165) is 31.2 Å². The van der Waals surface area contributed by atoms with Crippen LogP contribution in [0.25, 0.3) is 10.2 Å². The van der Waals surface area contributed by atoms with Gasteiger partial charge in [0.15, 0.2) is 4.34 Å². The van der Waals surface area contributed by atoms with Crippen LogP contribution in [0.2, 0.25) is 0 Å². The van der Waals surface area contributed by atoms with Crippen molar-refractivity contribution in [2.75, 3.05) is 13.2 Å². The minimum atomic E-state index is -0.396. The first kappa shape index (κ1) is 17.9. The zero-order valence-corrected chi connectivity index (χ0v) is 15.8. The zero-order valence-electron chi connectivity index (χ0n) is 14.2. The highest BCUT2D eigenvalue weighted by Crippen LogP contribution is 2.40. The number of carbonyl (C=O) groups is 1. The molecule has 1 atom stereocenters. The lowest BCUT2D eigenvalue weighted by atomic mass is 10.0. The van der Waals surface area contributed by atoms with Gasteiger partial charge in [-0.05, 0) is 42.7 Å². The Morgan fingerprint density at radius 1 is 1.24 bits per heavy atom. The van der Waals surface area contributed by atoms with Gasteiger partial charge in [-0.15, -0.1) is 11.3 Å². The maximum atomic E-state index is 12.7. The molecule has 0 aliphatic rings. The molecule has 0 bridgehead atoms. The van der Waals surface area contributed by atoms with Crippen molar-refractivity contribution in [3.05, 3.63) is 59.2 Å². The van der Waals surface area contributed by atoms with Crippen LogP contribution in [0.5, 0.6) is 0 Å². The molecule has 3 aromatic rings. The average Bonchev–Trinajstić information content (AvgIpc) is 3.03. The lowest BCUT2D eigenvalue weighted by Crippen LogP contribution is -2.30. The number of benzene rings is 2. The highest BCUT2D eigenvalue weighted by atomic mass is 32.2. The predicted octanol–water partition coefficient (Wildman–Crippen LogP) is 3.86. The van der Waals surface area contributed by atoms with Gasteiger partial charge in [-0.1, -0.05) is 42.1 Å². The van der Waals surface area contributed by atoms with Gasteiger partial charge < -0.3 is 10.4 Å². The number of para-hydroxylation sites is 1. The number of aryl methyl sites for hydroxylation is 1. The molecule has 0 aliphatic heterocycles. The zero-order chi connectivity index (χ0) is 17.8. The topological polar surface area (TPSA) is 62.2 Å². The average molecular weight is 373 g/mol. The second-order valence-electron chi connectivity index (χ2n) is 5.75. The van der Waals surface area contributed by atoms with Crippen LogP contribution in [-0.4, -0.2) is 29.1 Å². The van der Waals surface area contributed by atoms with Gasteiger partial charge in [-0.3, -0.25) is 4.79 Å². The summed E-state index contributed by atoms with van der Waals surface area (Å²) in [6, 6.07) is 14.0. The third-order valence-electron chi connectivity index (χ3n) is 4.07. The van der Waals surface area contributed by atoms with E-state index in [1.54, 1.807) is 11.3 Å². The summed E-state index contributed by atoms with van der Waals surface area (Å²) < 4.78 is 1.98. The van der Waals surface area contributed by atoms with Crippen LogP contribution in [0.4, 0.5) is 0 Å². The molecule has 0 radical (unpaired) electrons. The molecule has 1 amide bonds. The molecular weight excluding hydrogens is 352 g/mol. The molecule has 3 rings (SSSR count). The van der Waals surface area contributed by atoms with Crippen molar-refractivity contribution in [3.63, 3.8) is 0 Å². The second-order valence-corrected chi connectivity index (χ2v) is 8.13. The molecule has 2 aromatic carbocycles. The molecule has 0 spiro atoms. The number of hydrogen-bond donors (Lipinski definition) is 2. The number of nitrogens with zero attached hydrogens (tertiary/aromatic N) is 1. The highest BCUT2D eigenvalue weighted by Gasteiger charge is 2.25. The van der Waals surface area contributed by atoms with Crippen molar-refractivity contribution in [1.29, 1.82) is 0 Å². The van der Waals surface area contributed by atoms with E-state index in [2.05, 4.69) is 10.3 Å². The summed E-state index contributed by atoms with van der Waals surface area (Å²) in [5.41, 5.74) is 4.20. The fourth-order valence-corrected chi connectivity index (χ4v) is 4.96. The number of thioether (sulfide) groups is 1. The minimum Gasteiger partial charge on any atom is -0.395 e. The Bertz CT molecular complexity index is 859. The molecule has 2 N–H and O–H groups in total. The third-order valence-corrected chi connectivity index (χ3v) is 6.44. The molecule has 25 heavy (non-hydrogen) atoms. The monoisotopic (exact) mass is 372 g/mol. The highest BCUT2D eigenvalue weighted by molar-refractivity contribution is 8.02. The smallest absolute Gasteiger partial charge is 0.238 e. The largest absolute Gasteiger partial charge is 0.395 e. The quantitative estimate of drug-likeness (QED) is 0.645. The molecule has 1 unspecified atom stereocenters. The molecule has 0 fully saturated rings. The van der Waals surface area contributed by atoms with E-state index >= 15 is 0 Å². The van der Waals surface area contributed by atoms with Crippen molar-refractivity contribution in [3.8, 4) is 0 Å². The van der Waals surface area contributed by atoms with Gasteiger partial charge in [-0.2, -0.15) is 0 Å². The van der Waals surface area contributed by atoms with E-state index < -0.39 is 5.25 Å². The summed E-state index contributed by atoms with van der Waals surface area (Å²) >= 11 is 3.06. The van der Waals surface area contributed by atoms with Crippen LogP contribution in [0.15, 0.2) is 46.8 Å². The van der Waals surface area contributed by atoms with Crippen LogP contribution in [-0.2, 0) is 4.79 Å². The number of aromatic nitrogens is 1. The van der Waals surface area contributed by atoms with Gasteiger partial charge in [0.1, 0.15) is 5.25 Å². The van der Waals surface area contributed by atoms with Crippen LogP contribution in [0.1, 0.15) is 21.9 Å². The fraction of sp³-hybridized carbons (Fsp3) is 0.263. The van der Waals surface area contributed by atoms with Gasteiger partial charge in [0.25, 0.3) is 0 Å². The van der Waals surface area contributed by atoms with Crippen LogP contribution >= 0.6 is 23.1 Å². The normalized spacial score (nSPS) is 12.3. The van der Waals surface area contributed by atoms with Crippen molar-refractivity contribution in [1.82, 2.24) is 10.3 Å². The van der Waals surface area contributed by atoms with E-state index in [4.69, 9.17) is 5.11 Å². The maximum absolute atomic E-state index is 12.7. The number of fused-ring (bicyclic) bond motifs is 1. The maximum Gasteiger partial charge on any atom is 0.238 e. The van der Waals surface area contributed by atoms with E-state index in [0.29, 0.717) is 0 Å². The van der Waals surface area contributed by atoms with E-state index in [1.165, 1.54) is 11.8 Å². The number of hydrogen-bond acceptors (Lipinski definition) is 5. The first-order chi connectivity index (χ1) is 12.1. The molecule has 1 aromatic heterocycles. The van der Waals surface area contributed by atoms with Crippen molar-refractivity contribution < 1.29 is 9.90 Å². The molecule has 0 saturated carbocycles. The first-order valence-electron chi connectivity index (χ1n) is 8.07. The number of amides is 1. The Labute approximate surface area is 155 Å². The number of aliphatic hydroxyl groups is 1. The number of rotatable bonds is 6. The van der Waals surface area contributed by atoms with Crippen LogP contribution in [0, 0.1) is 13.8 Å². The first-order valence-corrected chi connectivity index (χ1v) is 9.76.